The van der Waals surface area contributed by atoms with Gasteiger partial charge in [-0.1, -0.05) is 23.7 Å². The molecule has 1 aromatic carbocycles. The molecule has 2 fully saturated rings. The van der Waals surface area contributed by atoms with Crippen molar-refractivity contribution >= 4 is 0 Å². The SMILES string of the molecule is Oc1ccc(Cc2nc(C3CC4CCC3C4)no2)cc1. The molecule has 104 valence electrons. The molecule has 0 amide bonds. The highest BCUT2D eigenvalue weighted by molar-refractivity contribution is 5.27. The lowest BCUT2D eigenvalue weighted by Crippen LogP contribution is -2.10. The van der Waals surface area contributed by atoms with Gasteiger partial charge in [0.1, 0.15) is 5.75 Å². The van der Waals surface area contributed by atoms with Crippen molar-refractivity contribution in [1.29, 1.82) is 0 Å². The Kier molecular flexibility index (Phi) is 2.76. The fraction of sp³-hybridized carbons (Fsp3) is 0.500. The minimum atomic E-state index is 0.280. The standard InChI is InChI=1S/C16H18N2O2/c19-13-5-2-10(3-6-13)9-15-17-16(18-20-15)14-8-11-1-4-12(14)7-11/h2-3,5-6,11-12,14,19H,1,4,7-9H2. The third-order valence-electron chi connectivity index (χ3n) is 4.85. The lowest BCUT2D eigenvalue weighted by Gasteiger charge is -2.17. The first-order chi connectivity index (χ1) is 9.78. The Balaban J connectivity index is 1.49. The van der Waals surface area contributed by atoms with E-state index >= 15 is 0 Å². The molecule has 2 saturated carbocycles. The van der Waals surface area contributed by atoms with Crippen LogP contribution in [0, 0.1) is 11.8 Å². The van der Waals surface area contributed by atoms with Gasteiger partial charge < -0.3 is 9.63 Å². The van der Waals surface area contributed by atoms with Gasteiger partial charge >= 0.3 is 0 Å². The fourth-order valence-electron chi connectivity index (χ4n) is 3.84. The largest absolute Gasteiger partial charge is 0.508 e. The first-order valence-electron chi connectivity index (χ1n) is 7.38. The molecule has 0 aliphatic heterocycles. The normalized spacial score (nSPS) is 28.1. The third kappa shape index (κ3) is 2.09. The van der Waals surface area contributed by atoms with E-state index in [2.05, 4.69) is 10.1 Å². The third-order valence-corrected chi connectivity index (χ3v) is 4.85. The molecule has 4 heteroatoms. The van der Waals surface area contributed by atoms with Crippen molar-refractivity contribution in [3.63, 3.8) is 0 Å². The second-order valence-electron chi connectivity index (χ2n) is 6.17. The molecule has 2 bridgehead atoms. The van der Waals surface area contributed by atoms with Gasteiger partial charge in [0.25, 0.3) is 0 Å². The second kappa shape index (κ2) is 4.62. The van der Waals surface area contributed by atoms with Gasteiger partial charge in [-0.3, -0.25) is 0 Å². The Hall–Kier alpha value is -1.84. The summed E-state index contributed by atoms with van der Waals surface area (Å²) in [5.41, 5.74) is 1.07. The molecule has 4 nitrogen and oxygen atoms in total. The van der Waals surface area contributed by atoms with E-state index in [-0.39, 0.29) is 5.75 Å². The Morgan fingerprint density at radius 3 is 2.70 bits per heavy atom. The highest BCUT2D eigenvalue weighted by atomic mass is 16.5. The maximum atomic E-state index is 9.28. The molecule has 1 heterocycles. The van der Waals surface area contributed by atoms with Crippen molar-refractivity contribution in [2.45, 2.75) is 38.0 Å². The first kappa shape index (κ1) is 11.9. The van der Waals surface area contributed by atoms with Crippen molar-refractivity contribution < 1.29 is 9.63 Å². The second-order valence-corrected chi connectivity index (χ2v) is 6.17. The van der Waals surface area contributed by atoms with Crippen LogP contribution in [-0.4, -0.2) is 15.2 Å². The summed E-state index contributed by atoms with van der Waals surface area (Å²) in [5, 5.41) is 13.5. The number of hydrogen-bond donors (Lipinski definition) is 1. The van der Waals surface area contributed by atoms with Crippen molar-refractivity contribution in [3.05, 3.63) is 41.5 Å². The van der Waals surface area contributed by atoms with E-state index in [0.29, 0.717) is 18.2 Å². The summed E-state index contributed by atoms with van der Waals surface area (Å²) in [7, 11) is 0. The van der Waals surface area contributed by atoms with Gasteiger partial charge in [-0.25, -0.2) is 0 Å². The Morgan fingerprint density at radius 1 is 1.15 bits per heavy atom. The number of phenolic OH excluding ortho intramolecular Hbond substituents is 1. The van der Waals surface area contributed by atoms with E-state index in [4.69, 9.17) is 4.52 Å². The number of aromatic nitrogens is 2. The van der Waals surface area contributed by atoms with Crippen LogP contribution in [0.3, 0.4) is 0 Å². The maximum Gasteiger partial charge on any atom is 0.231 e. The van der Waals surface area contributed by atoms with Crippen LogP contribution in [-0.2, 0) is 6.42 Å². The molecular formula is C16H18N2O2. The molecule has 0 spiro atoms. The topological polar surface area (TPSA) is 59.2 Å². The van der Waals surface area contributed by atoms with Gasteiger partial charge in [0.15, 0.2) is 5.82 Å². The van der Waals surface area contributed by atoms with Gasteiger partial charge in [0.05, 0.1) is 6.42 Å². The van der Waals surface area contributed by atoms with E-state index in [1.54, 1.807) is 12.1 Å². The summed E-state index contributed by atoms with van der Waals surface area (Å²) in [5.74, 6) is 4.05. The number of nitrogens with zero attached hydrogens (tertiary/aromatic N) is 2. The van der Waals surface area contributed by atoms with Crippen molar-refractivity contribution in [3.8, 4) is 5.75 Å². The molecular weight excluding hydrogens is 252 g/mol. The lowest BCUT2D eigenvalue weighted by atomic mass is 9.88. The van der Waals surface area contributed by atoms with Crippen molar-refractivity contribution in [2.24, 2.45) is 11.8 Å². The molecule has 3 unspecified atom stereocenters. The van der Waals surface area contributed by atoms with Crippen LogP contribution in [0.5, 0.6) is 5.75 Å². The van der Waals surface area contributed by atoms with E-state index in [1.165, 1.54) is 25.7 Å². The predicted octanol–water partition coefficient (Wildman–Crippen LogP) is 3.27. The number of hydrogen-bond acceptors (Lipinski definition) is 4. The van der Waals surface area contributed by atoms with E-state index in [9.17, 15) is 5.11 Å². The Bertz CT molecular complexity index is 605. The highest BCUT2D eigenvalue weighted by Crippen LogP contribution is 2.52. The quantitative estimate of drug-likeness (QED) is 0.930. The van der Waals surface area contributed by atoms with Crippen LogP contribution < -0.4 is 0 Å². The number of aromatic hydroxyl groups is 1. The molecule has 4 rings (SSSR count). The van der Waals surface area contributed by atoms with Gasteiger partial charge in [-0.2, -0.15) is 4.98 Å². The Morgan fingerprint density at radius 2 is 2.00 bits per heavy atom. The zero-order valence-electron chi connectivity index (χ0n) is 11.3. The highest BCUT2D eigenvalue weighted by Gasteiger charge is 2.42. The molecule has 0 radical (unpaired) electrons. The van der Waals surface area contributed by atoms with Crippen molar-refractivity contribution in [2.75, 3.05) is 0 Å². The molecule has 3 atom stereocenters. The molecule has 0 saturated heterocycles. The van der Waals surface area contributed by atoms with Crippen LogP contribution in [0.2, 0.25) is 0 Å². The van der Waals surface area contributed by atoms with Gasteiger partial charge in [0, 0.05) is 5.92 Å². The predicted molar refractivity (Wildman–Crippen MR) is 73.4 cm³/mol. The van der Waals surface area contributed by atoms with E-state index in [1.807, 2.05) is 12.1 Å². The number of rotatable bonds is 3. The molecule has 2 aliphatic carbocycles. The lowest BCUT2D eigenvalue weighted by molar-refractivity contribution is 0.355. The average molecular weight is 270 g/mol. The van der Waals surface area contributed by atoms with Crippen LogP contribution >= 0.6 is 0 Å². The van der Waals surface area contributed by atoms with E-state index < -0.39 is 0 Å². The summed E-state index contributed by atoms with van der Waals surface area (Å²) in [6.07, 6.45) is 5.94. The number of fused-ring (bicyclic) bond motifs is 2. The van der Waals surface area contributed by atoms with Crippen LogP contribution in [0.15, 0.2) is 28.8 Å². The zero-order chi connectivity index (χ0) is 13.5. The number of benzene rings is 1. The summed E-state index contributed by atoms with van der Waals surface area (Å²) in [4.78, 5) is 4.59. The summed E-state index contributed by atoms with van der Waals surface area (Å²) >= 11 is 0. The van der Waals surface area contributed by atoms with Crippen LogP contribution in [0.1, 0.15) is 48.9 Å². The first-order valence-corrected chi connectivity index (χ1v) is 7.38. The van der Waals surface area contributed by atoms with Crippen LogP contribution in [0.4, 0.5) is 0 Å². The molecule has 1 N–H and O–H groups in total. The molecule has 2 aliphatic rings. The fourth-order valence-corrected chi connectivity index (χ4v) is 3.84. The Labute approximate surface area is 117 Å². The minimum Gasteiger partial charge on any atom is -0.508 e. The summed E-state index contributed by atoms with van der Waals surface area (Å²) in [6.45, 7) is 0. The molecule has 20 heavy (non-hydrogen) atoms. The van der Waals surface area contributed by atoms with Crippen molar-refractivity contribution in [1.82, 2.24) is 10.1 Å². The van der Waals surface area contributed by atoms with Gasteiger partial charge in [0.2, 0.25) is 5.89 Å². The average Bonchev–Trinajstić information content (AvgIpc) is 3.17. The monoisotopic (exact) mass is 270 g/mol. The van der Waals surface area contributed by atoms with E-state index in [0.717, 1.165) is 23.2 Å². The molecule has 2 aromatic rings. The summed E-state index contributed by atoms with van der Waals surface area (Å²) < 4.78 is 5.40. The number of phenols is 1. The maximum absolute atomic E-state index is 9.28. The smallest absolute Gasteiger partial charge is 0.231 e. The summed E-state index contributed by atoms with van der Waals surface area (Å²) in [6, 6.07) is 7.14. The minimum absolute atomic E-state index is 0.280. The van der Waals surface area contributed by atoms with Crippen LogP contribution in [0.25, 0.3) is 0 Å². The zero-order valence-corrected chi connectivity index (χ0v) is 11.3. The van der Waals surface area contributed by atoms with Gasteiger partial charge in [-0.05, 0) is 48.8 Å². The molecule has 1 aromatic heterocycles. The van der Waals surface area contributed by atoms with Gasteiger partial charge in [-0.15, -0.1) is 0 Å².